The number of ketones is 2. The molecule has 0 atom stereocenters. The molecule has 2 nitrogen and oxygen atoms in total. The van der Waals surface area contributed by atoms with Gasteiger partial charge in [0.15, 0.2) is 11.6 Å². The molecule has 0 bridgehead atoms. The quantitative estimate of drug-likeness (QED) is 0.652. The first-order valence-corrected chi connectivity index (χ1v) is 3.74. The lowest BCUT2D eigenvalue weighted by molar-refractivity contribution is 0.0981. The third kappa shape index (κ3) is 2.51. The molecule has 2 heteroatoms. The van der Waals surface area contributed by atoms with E-state index < -0.39 is 0 Å². The molecular formula is C11H14O2. The maximum Gasteiger partial charge on any atom is 0.160 e. The van der Waals surface area contributed by atoms with Gasteiger partial charge < -0.3 is 0 Å². The van der Waals surface area contributed by atoms with Crippen LogP contribution in [0.3, 0.4) is 0 Å². The highest BCUT2D eigenvalue weighted by atomic mass is 16.1. The largest absolute Gasteiger partial charge is 0.294 e. The zero-order valence-corrected chi connectivity index (χ0v) is 7.13. The van der Waals surface area contributed by atoms with Crippen LogP contribution in [0.4, 0.5) is 0 Å². The topological polar surface area (TPSA) is 34.1 Å². The lowest BCUT2D eigenvalue weighted by Crippen LogP contribution is -2.02. The van der Waals surface area contributed by atoms with Crippen LogP contribution in [0.2, 0.25) is 0 Å². The highest BCUT2D eigenvalue weighted by Crippen LogP contribution is 2.09. The molecule has 0 N–H and O–H groups in total. The third-order valence-corrected chi connectivity index (χ3v) is 1.69. The first kappa shape index (κ1) is 11.6. The molecule has 0 aliphatic heterocycles. The number of carbonyl (C=O) groups excluding carboxylic acids is 2. The maximum absolute atomic E-state index is 11.0. The Hall–Kier alpha value is -1.44. The van der Waals surface area contributed by atoms with Gasteiger partial charge in [-0.1, -0.05) is 31.7 Å². The van der Waals surface area contributed by atoms with Crippen molar-refractivity contribution in [2.24, 2.45) is 0 Å². The van der Waals surface area contributed by atoms with Crippen LogP contribution in [0.5, 0.6) is 0 Å². The predicted molar refractivity (Wildman–Crippen MR) is 53.2 cm³/mol. The molecule has 70 valence electrons. The van der Waals surface area contributed by atoms with E-state index in [4.69, 9.17) is 0 Å². The molecule has 0 radical (unpaired) electrons. The van der Waals surface area contributed by atoms with E-state index in [0.29, 0.717) is 11.1 Å². The zero-order chi connectivity index (χ0) is 9.14. The lowest BCUT2D eigenvalue weighted by Gasteiger charge is -2.00. The highest BCUT2D eigenvalue weighted by molar-refractivity contribution is 6.07. The Bertz CT molecular complexity index is 294. The van der Waals surface area contributed by atoms with Crippen LogP contribution >= 0.6 is 0 Å². The van der Waals surface area contributed by atoms with Crippen LogP contribution in [-0.2, 0) is 0 Å². The molecule has 0 saturated heterocycles. The number of benzene rings is 1. The molecule has 13 heavy (non-hydrogen) atoms. The molecule has 1 aromatic rings. The van der Waals surface area contributed by atoms with E-state index in [1.165, 1.54) is 13.8 Å². The second kappa shape index (κ2) is 4.55. The maximum atomic E-state index is 11.0. The normalized spacial score (nSPS) is 8.77. The average molecular weight is 178 g/mol. The van der Waals surface area contributed by atoms with E-state index in [9.17, 15) is 9.59 Å². The van der Waals surface area contributed by atoms with Gasteiger partial charge in [-0.05, 0) is 13.8 Å². The minimum absolute atomic E-state index is 0. The summed E-state index contributed by atoms with van der Waals surface area (Å²) in [6.07, 6.45) is 0. The molecule has 1 aromatic carbocycles. The first-order chi connectivity index (χ1) is 5.63. The number of hydrogen-bond acceptors (Lipinski definition) is 2. The molecule has 0 heterocycles. The summed E-state index contributed by atoms with van der Waals surface area (Å²) in [5.41, 5.74) is 1.01. The van der Waals surface area contributed by atoms with Gasteiger partial charge in [0.2, 0.25) is 0 Å². The van der Waals surface area contributed by atoms with E-state index >= 15 is 0 Å². The lowest BCUT2D eigenvalue weighted by atomic mass is 10.0. The second-order valence-electron chi connectivity index (χ2n) is 2.66. The van der Waals surface area contributed by atoms with Gasteiger partial charge in [-0.15, -0.1) is 0 Å². The van der Waals surface area contributed by atoms with Crippen molar-refractivity contribution in [1.29, 1.82) is 0 Å². The van der Waals surface area contributed by atoms with Crippen LogP contribution in [-0.4, -0.2) is 11.6 Å². The summed E-state index contributed by atoms with van der Waals surface area (Å²) in [7, 11) is 0. The van der Waals surface area contributed by atoms with Crippen LogP contribution in [0.25, 0.3) is 0 Å². The molecule has 0 aliphatic carbocycles. The van der Waals surface area contributed by atoms with E-state index in [1.807, 2.05) is 0 Å². The fourth-order valence-corrected chi connectivity index (χ4v) is 1.10. The Morgan fingerprint density at radius 2 is 1.23 bits per heavy atom. The average Bonchev–Trinajstić information content (AvgIpc) is 2.04. The second-order valence-corrected chi connectivity index (χ2v) is 2.66. The fourth-order valence-electron chi connectivity index (χ4n) is 1.10. The van der Waals surface area contributed by atoms with E-state index in [1.54, 1.807) is 24.3 Å². The Balaban J connectivity index is 0.00000144. The van der Waals surface area contributed by atoms with Gasteiger partial charge in [0.25, 0.3) is 0 Å². The Labute approximate surface area is 78.6 Å². The zero-order valence-electron chi connectivity index (χ0n) is 7.13. The van der Waals surface area contributed by atoms with Crippen LogP contribution in [0.1, 0.15) is 42.0 Å². The van der Waals surface area contributed by atoms with Gasteiger partial charge in [0.05, 0.1) is 0 Å². The summed E-state index contributed by atoms with van der Waals surface area (Å²) < 4.78 is 0. The minimum Gasteiger partial charge on any atom is -0.294 e. The van der Waals surface area contributed by atoms with E-state index in [2.05, 4.69) is 0 Å². The van der Waals surface area contributed by atoms with Crippen molar-refractivity contribution in [1.82, 2.24) is 0 Å². The highest BCUT2D eigenvalue weighted by Gasteiger charge is 2.08. The Morgan fingerprint density at radius 1 is 0.923 bits per heavy atom. The molecule has 0 fully saturated rings. The van der Waals surface area contributed by atoms with Crippen molar-refractivity contribution in [3.63, 3.8) is 0 Å². The molecule has 0 unspecified atom stereocenters. The van der Waals surface area contributed by atoms with Crippen LogP contribution in [0.15, 0.2) is 24.3 Å². The summed E-state index contributed by atoms with van der Waals surface area (Å²) in [5.74, 6) is -0.137. The standard InChI is InChI=1S/C10H10O2.CH4/c1-7(11)9-5-3-4-6-10(9)8(2)12;/h3-6H,1-2H3;1H4. The van der Waals surface area contributed by atoms with Crippen molar-refractivity contribution in [3.05, 3.63) is 35.4 Å². The number of rotatable bonds is 2. The molecule has 1 rings (SSSR count). The van der Waals surface area contributed by atoms with Crippen molar-refractivity contribution >= 4 is 11.6 Å². The van der Waals surface area contributed by atoms with Gasteiger partial charge in [0.1, 0.15) is 0 Å². The summed E-state index contributed by atoms with van der Waals surface area (Å²) in [6.45, 7) is 2.92. The van der Waals surface area contributed by atoms with Crippen LogP contribution < -0.4 is 0 Å². The first-order valence-electron chi connectivity index (χ1n) is 3.74. The summed E-state index contributed by atoms with van der Waals surface area (Å²) >= 11 is 0. The summed E-state index contributed by atoms with van der Waals surface area (Å²) in [6, 6.07) is 6.84. The molecule has 0 aromatic heterocycles. The van der Waals surface area contributed by atoms with Gasteiger partial charge >= 0.3 is 0 Å². The van der Waals surface area contributed by atoms with Gasteiger partial charge in [0, 0.05) is 11.1 Å². The Kier molecular flexibility index (Phi) is 4.05. The Morgan fingerprint density at radius 3 is 1.46 bits per heavy atom. The van der Waals surface area contributed by atoms with Crippen molar-refractivity contribution in [2.45, 2.75) is 21.3 Å². The van der Waals surface area contributed by atoms with Gasteiger partial charge in [-0.25, -0.2) is 0 Å². The van der Waals surface area contributed by atoms with E-state index in [0.717, 1.165) is 0 Å². The van der Waals surface area contributed by atoms with Crippen molar-refractivity contribution < 1.29 is 9.59 Å². The van der Waals surface area contributed by atoms with Crippen molar-refractivity contribution in [3.8, 4) is 0 Å². The monoisotopic (exact) mass is 178 g/mol. The fraction of sp³-hybridized carbons (Fsp3) is 0.273. The van der Waals surface area contributed by atoms with Crippen LogP contribution in [0, 0.1) is 0 Å². The molecular weight excluding hydrogens is 164 g/mol. The van der Waals surface area contributed by atoms with Gasteiger partial charge in [-0.2, -0.15) is 0 Å². The molecule has 0 amide bonds. The molecule has 0 aliphatic rings. The minimum atomic E-state index is -0.0687. The number of Topliss-reactive ketones (excluding diaryl/α,β-unsaturated/α-hetero) is 2. The number of hydrogen-bond donors (Lipinski definition) is 0. The van der Waals surface area contributed by atoms with Gasteiger partial charge in [-0.3, -0.25) is 9.59 Å². The van der Waals surface area contributed by atoms with E-state index in [-0.39, 0.29) is 19.0 Å². The molecule has 0 spiro atoms. The SMILES string of the molecule is C.CC(=O)c1ccccc1C(C)=O. The summed E-state index contributed by atoms with van der Waals surface area (Å²) in [4.78, 5) is 22.0. The third-order valence-electron chi connectivity index (χ3n) is 1.69. The predicted octanol–water partition coefficient (Wildman–Crippen LogP) is 2.73. The van der Waals surface area contributed by atoms with Crippen molar-refractivity contribution in [2.75, 3.05) is 0 Å². The summed E-state index contributed by atoms with van der Waals surface area (Å²) in [5, 5.41) is 0. The molecule has 0 saturated carbocycles. The smallest absolute Gasteiger partial charge is 0.160 e. The number of carbonyl (C=O) groups is 2.